The van der Waals surface area contributed by atoms with E-state index in [1.54, 1.807) is 56.8 Å². The fourth-order valence-corrected chi connectivity index (χ4v) is 11.1. The Morgan fingerprint density at radius 1 is 1.11 bits per heavy atom. The summed E-state index contributed by atoms with van der Waals surface area (Å²) in [6.07, 6.45) is 4.56. The SMILES string of the molecule is C=CCN(C(=O)[C@H]1[C@@H]2SC3(CC2Br)C(C(=O)N(CC=C)c2ccccc2Cl)N([C@@H](CO)[C@@H](C)CC)C(=O)[C@H]13)c1ccccc1. The molecule has 0 aliphatic carbocycles. The van der Waals surface area contributed by atoms with Gasteiger partial charge in [0.05, 0.1) is 39.9 Å². The first-order valence-electron chi connectivity index (χ1n) is 15.1. The zero-order valence-electron chi connectivity index (χ0n) is 25.0. The number of aliphatic hydroxyl groups is 1. The number of halogens is 2. The Morgan fingerprint density at radius 2 is 1.75 bits per heavy atom. The minimum atomic E-state index is -0.917. The fraction of sp³-hybridized carbons (Fsp3) is 0.441. The van der Waals surface area contributed by atoms with Crippen molar-refractivity contribution in [3.63, 3.8) is 0 Å². The Kier molecular flexibility index (Phi) is 10.00. The first-order valence-corrected chi connectivity index (χ1v) is 17.2. The van der Waals surface area contributed by atoms with Crippen LogP contribution in [0.3, 0.4) is 0 Å². The van der Waals surface area contributed by atoms with Gasteiger partial charge >= 0.3 is 0 Å². The molecular weight excluding hydrogens is 662 g/mol. The highest BCUT2D eigenvalue weighted by atomic mass is 79.9. The first-order chi connectivity index (χ1) is 21.2. The Labute approximate surface area is 277 Å². The van der Waals surface area contributed by atoms with E-state index in [0.29, 0.717) is 23.6 Å². The van der Waals surface area contributed by atoms with E-state index in [0.717, 1.165) is 5.69 Å². The van der Waals surface area contributed by atoms with Gasteiger partial charge in [-0.15, -0.1) is 24.9 Å². The van der Waals surface area contributed by atoms with E-state index in [1.165, 1.54) is 0 Å². The van der Waals surface area contributed by atoms with E-state index in [2.05, 4.69) is 29.1 Å². The molecule has 0 saturated carbocycles. The third-order valence-corrected chi connectivity index (χ3v) is 13.0. The molecule has 3 heterocycles. The Bertz CT molecular complexity index is 1430. The molecule has 3 aliphatic heterocycles. The summed E-state index contributed by atoms with van der Waals surface area (Å²) in [6.45, 7) is 11.9. The third-order valence-electron chi connectivity index (χ3n) is 9.46. The lowest BCUT2D eigenvalue weighted by Crippen LogP contribution is -2.59. The van der Waals surface area contributed by atoms with Gasteiger partial charge in [-0.2, -0.15) is 0 Å². The smallest absolute Gasteiger partial charge is 0.251 e. The molecule has 3 unspecified atom stereocenters. The largest absolute Gasteiger partial charge is 0.394 e. The number of rotatable bonds is 12. The van der Waals surface area contributed by atoms with Crippen LogP contribution in [0.4, 0.5) is 11.4 Å². The van der Waals surface area contributed by atoms with Crippen LogP contribution in [0.5, 0.6) is 0 Å². The predicted octanol–water partition coefficient (Wildman–Crippen LogP) is 5.95. The summed E-state index contributed by atoms with van der Waals surface area (Å²) in [5.74, 6) is -2.19. The van der Waals surface area contributed by atoms with Gasteiger partial charge in [0, 0.05) is 28.9 Å². The van der Waals surface area contributed by atoms with E-state index in [4.69, 9.17) is 11.6 Å². The van der Waals surface area contributed by atoms with E-state index in [1.807, 2.05) is 50.2 Å². The van der Waals surface area contributed by atoms with Gasteiger partial charge in [0.25, 0.3) is 5.91 Å². The second kappa shape index (κ2) is 13.4. The number of benzene rings is 2. The molecule has 1 N–H and O–H groups in total. The van der Waals surface area contributed by atoms with Crippen molar-refractivity contribution in [2.75, 3.05) is 29.5 Å². The van der Waals surface area contributed by atoms with E-state index >= 15 is 0 Å². The van der Waals surface area contributed by atoms with Gasteiger partial charge in [0.2, 0.25) is 11.8 Å². The number of hydrogen-bond donors (Lipinski definition) is 1. The number of thioether (sulfide) groups is 1. The van der Waals surface area contributed by atoms with Gasteiger partial charge < -0.3 is 19.8 Å². The lowest BCUT2D eigenvalue weighted by atomic mass is 9.70. The van der Waals surface area contributed by atoms with Crippen molar-refractivity contribution in [1.82, 2.24) is 4.90 Å². The number of para-hydroxylation sites is 2. The van der Waals surface area contributed by atoms with Crippen LogP contribution in [-0.4, -0.2) is 74.3 Å². The number of anilines is 2. The van der Waals surface area contributed by atoms with Crippen molar-refractivity contribution in [2.24, 2.45) is 17.8 Å². The van der Waals surface area contributed by atoms with Crippen LogP contribution in [0, 0.1) is 17.8 Å². The highest BCUT2D eigenvalue weighted by molar-refractivity contribution is 9.09. The number of aliphatic hydroxyl groups excluding tert-OH is 1. The molecule has 2 aromatic carbocycles. The lowest BCUT2D eigenvalue weighted by Gasteiger charge is -2.41. The number of carbonyl (C=O) groups is 3. The molecule has 5 rings (SSSR count). The van der Waals surface area contributed by atoms with E-state index in [-0.39, 0.29) is 53.4 Å². The van der Waals surface area contributed by atoms with Gasteiger partial charge in [-0.1, -0.05) is 90.3 Å². The van der Waals surface area contributed by atoms with Crippen LogP contribution in [-0.2, 0) is 14.4 Å². The first kappa shape index (κ1) is 32.8. The normalized spacial score (nSPS) is 28.3. The molecule has 2 aromatic rings. The van der Waals surface area contributed by atoms with E-state index < -0.39 is 28.7 Å². The number of alkyl halides is 1. The van der Waals surface area contributed by atoms with Crippen molar-refractivity contribution >= 4 is 68.4 Å². The Morgan fingerprint density at radius 3 is 2.36 bits per heavy atom. The van der Waals surface area contributed by atoms with Crippen molar-refractivity contribution < 1.29 is 19.5 Å². The number of nitrogens with zero attached hydrogens (tertiary/aromatic N) is 3. The quantitative estimate of drug-likeness (QED) is 0.219. The van der Waals surface area contributed by atoms with Crippen LogP contribution in [0.2, 0.25) is 5.02 Å². The van der Waals surface area contributed by atoms with Crippen LogP contribution >= 0.6 is 39.3 Å². The zero-order valence-corrected chi connectivity index (χ0v) is 28.2. The molecule has 44 heavy (non-hydrogen) atoms. The average molecular weight is 701 g/mol. The number of fused-ring (bicyclic) bond motifs is 1. The summed E-state index contributed by atoms with van der Waals surface area (Å²) >= 11 is 12.1. The monoisotopic (exact) mass is 699 g/mol. The topological polar surface area (TPSA) is 81.2 Å². The molecule has 234 valence electrons. The highest BCUT2D eigenvalue weighted by Crippen LogP contribution is 2.68. The molecule has 3 saturated heterocycles. The Balaban J connectivity index is 1.65. The van der Waals surface area contributed by atoms with Crippen molar-refractivity contribution in [1.29, 1.82) is 0 Å². The molecule has 1 spiro atoms. The van der Waals surface area contributed by atoms with Gasteiger partial charge in [-0.05, 0) is 36.6 Å². The van der Waals surface area contributed by atoms with Crippen molar-refractivity contribution in [3.8, 4) is 0 Å². The minimum absolute atomic E-state index is 0.0830. The Hall–Kier alpha value is -2.59. The summed E-state index contributed by atoms with van der Waals surface area (Å²) in [6, 6.07) is 15.0. The van der Waals surface area contributed by atoms with Crippen LogP contribution < -0.4 is 9.80 Å². The predicted molar refractivity (Wildman–Crippen MR) is 182 cm³/mol. The molecule has 2 bridgehead atoms. The number of hydrogen-bond acceptors (Lipinski definition) is 5. The maximum absolute atomic E-state index is 14.9. The van der Waals surface area contributed by atoms with Crippen LogP contribution in [0.1, 0.15) is 26.7 Å². The van der Waals surface area contributed by atoms with E-state index in [9.17, 15) is 19.5 Å². The summed E-state index contributed by atoms with van der Waals surface area (Å²) in [5, 5.41) is 10.9. The molecule has 7 nitrogen and oxygen atoms in total. The molecule has 3 fully saturated rings. The summed E-state index contributed by atoms with van der Waals surface area (Å²) < 4.78 is -0.884. The molecule has 10 heteroatoms. The summed E-state index contributed by atoms with van der Waals surface area (Å²) in [5.41, 5.74) is 1.25. The standard InChI is InChI=1S/C34H39BrClN3O4S/c1-5-17-37(22-13-9-8-10-14-22)31(41)27-28-32(42)39(26(20-40)21(4)7-3)30(34(28)19-23(35)29(27)44-34)33(43)38(18-6-2)25-16-12-11-15-24(25)36/h5-6,8-16,21,23,26-30,40H,1-2,7,17-20H2,3-4H3/t21-,23?,26-,27+,28-,29+,30?,34?/m0/s1. The zero-order chi connectivity index (χ0) is 31.8. The van der Waals surface area contributed by atoms with Crippen LogP contribution in [0.25, 0.3) is 0 Å². The summed E-state index contributed by atoms with van der Waals surface area (Å²) in [7, 11) is 0. The fourth-order valence-electron chi connectivity index (χ4n) is 7.29. The average Bonchev–Trinajstić information content (AvgIpc) is 3.62. The van der Waals surface area contributed by atoms with Gasteiger partial charge in [0.15, 0.2) is 0 Å². The highest BCUT2D eigenvalue weighted by Gasteiger charge is 2.76. The van der Waals surface area contributed by atoms with Gasteiger partial charge in [0.1, 0.15) is 6.04 Å². The third kappa shape index (κ3) is 5.33. The van der Waals surface area contributed by atoms with Gasteiger partial charge in [-0.25, -0.2) is 0 Å². The number of amides is 3. The number of likely N-dealkylation sites (tertiary alicyclic amines) is 1. The second-order valence-corrected chi connectivity index (χ2v) is 14.9. The van der Waals surface area contributed by atoms with Gasteiger partial charge in [-0.3, -0.25) is 14.4 Å². The minimum Gasteiger partial charge on any atom is -0.394 e. The van der Waals surface area contributed by atoms with Crippen LogP contribution in [0.15, 0.2) is 79.9 Å². The molecular formula is C34H39BrClN3O4S. The second-order valence-electron chi connectivity index (χ2n) is 11.8. The maximum Gasteiger partial charge on any atom is 0.251 e. The molecule has 0 radical (unpaired) electrons. The number of carbonyl (C=O) groups excluding carboxylic acids is 3. The molecule has 3 aliphatic rings. The molecule has 8 atom stereocenters. The maximum atomic E-state index is 14.9. The molecule has 3 amide bonds. The van der Waals surface area contributed by atoms with Crippen molar-refractivity contribution in [2.45, 2.75) is 53.6 Å². The molecule has 0 aromatic heterocycles. The van der Waals surface area contributed by atoms with Crippen molar-refractivity contribution in [3.05, 3.63) is 84.9 Å². The lowest BCUT2D eigenvalue weighted by molar-refractivity contribution is -0.143. The summed E-state index contributed by atoms with van der Waals surface area (Å²) in [4.78, 5) is 49.1.